The molecule has 2 unspecified atom stereocenters. The lowest BCUT2D eigenvalue weighted by molar-refractivity contribution is -0.153. The molecule has 0 aromatic heterocycles. The zero-order valence-corrected chi connectivity index (χ0v) is 14.7. The van der Waals surface area contributed by atoms with Crippen LogP contribution in [-0.2, 0) is 19.1 Å². The first-order chi connectivity index (χ1) is 10.7. The van der Waals surface area contributed by atoms with E-state index in [1.165, 1.54) is 0 Å². The molecule has 0 radical (unpaired) electrons. The quantitative estimate of drug-likeness (QED) is 0.747. The fourth-order valence-corrected chi connectivity index (χ4v) is 4.73. The van der Waals surface area contributed by atoms with E-state index in [2.05, 4.69) is 20.8 Å². The van der Waals surface area contributed by atoms with Crippen LogP contribution in [0.3, 0.4) is 0 Å². The van der Waals surface area contributed by atoms with Gasteiger partial charge in [0, 0.05) is 11.3 Å². The zero-order valence-electron chi connectivity index (χ0n) is 14.7. The van der Waals surface area contributed by atoms with Gasteiger partial charge >= 0.3 is 11.9 Å². The molecule has 2 fully saturated rings. The first kappa shape index (κ1) is 16.5. The standard InChI is InChI=1S/C18H27NO4/c1-6-22-12(20)9-10(2)13-16(21)23-14-11-7-8-18(5,15(14)19-13)17(11,3)4/h10-11,13-14H,6-9H2,1-5H3/t10?,11-,13-,14?,18+/m1/s1. The van der Waals surface area contributed by atoms with E-state index in [0.29, 0.717) is 12.5 Å². The van der Waals surface area contributed by atoms with Crippen LogP contribution in [0.25, 0.3) is 0 Å². The molecule has 5 heteroatoms. The summed E-state index contributed by atoms with van der Waals surface area (Å²) in [5.41, 5.74) is 1.13. The highest BCUT2D eigenvalue weighted by Crippen LogP contribution is 2.65. The Bertz CT molecular complexity index is 567. The molecule has 23 heavy (non-hydrogen) atoms. The zero-order chi connectivity index (χ0) is 17.0. The van der Waals surface area contributed by atoms with Crippen LogP contribution in [0.4, 0.5) is 0 Å². The number of carbonyl (C=O) groups excluding carboxylic acids is 2. The van der Waals surface area contributed by atoms with Crippen molar-refractivity contribution in [3.63, 3.8) is 0 Å². The molecule has 5 nitrogen and oxygen atoms in total. The van der Waals surface area contributed by atoms with Crippen molar-refractivity contribution in [2.45, 2.75) is 66.0 Å². The minimum atomic E-state index is -0.586. The summed E-state index contributed by atoms with van der Waals surface area (Å²) in [6.07, 6.45) is 2.21. The Morgan fingerprint density at radius 3 is 2.78 bits per heavy atom. The van der Waals surface area contributed by atoms with Crippen LogP contribution < -0.4 is 0 Å². The molecule has 1 aliphatic heterocycles. The second kappa shape index (κ2) is 5.32. The third-order valence-electron chi connectivity index (χ3n) is 6.60. The molecule has 0 spiro atoms. The molecule has 3 rings (SSSR count). The molecule has 2 bridgehead atoms. The highest BCUT2D eigenvalue weighted by Gasteiger charge is 2.67. The molecule has 2 aliphatic carbocycles. The van der Waals surface area contributed by atoms with Gasteiger partial charge in [0.2, 0.25) is 0 Å². The normalized spacial score (nSPS) is 38.6. The topological polar surface area (TPSA) is 65.0 Å². The fraction of sp³-hybridized carbons (Fsp3) is 0.833. The summed E-state index contributed by atoms with van der Waals surface area (Å²) < 4.78 is 10.8. The lowest BCUT2D eigenvalue weighted by Gasteiger charge is -2.37. The Labute approximate surface area is 137 Å². The van der Waals surface area contributed by atoms with E-state index in [0.717, 1.165) is 18.6 Å². The molecular weight excluding hydrogens is 294 g/mol. The number of hydrogen-bond donors (Lipinski definition) is 0. The smallest absolute Gasteiger partial charge is 0.331 e. The highest BCUT2D eigenvalue weighted by atomic mass is 16.5. The fourth-order valence-electron chi connectivity index (χ4n) is 4.73. The summed E-state index contributed by atoms with van der Waals surface area (Å²) in [6, 6.07) is -0.586. The van der Waals surface area contributed by atoms with Gasteiger partial charge in [-0.1, -0.05) is 27.7 Å². The Morgan fingerprint density at radius 2 is 2.13 bits per heavy atom. The number of ether oxygens (including phenoxy) is 2. The van der Waals surface area contributed by atoms with E-state index >= 15 is 0 Å². The minimum Gasteiger partial charge on any atom is -0.466 e. The van der Waals surface area contributed by atoms with Crippen LogP contribution >= 0.6 is 0 Å². The first-order valence-corrected chi connectivity index (χ1v) is 8.66. The molecule has 0 aromatic rings. The van der Waals surface area contributed by atoms with Crippen molar-refractivity contribution in [3.05, 3.63) is 0 Å². The Hall–Kier alpha value is -1.39. The van der Waals surface area contributed by atoms with Crippen molar-refractivity contribution in [1.29, 1.82) is 0 Å². The average Bonchev–Trinajstić information content (AvgIpc) is 2.77. The van der Waals surface area contributed by atoms with E-state index in [1.807, 2.05) is 6.92 Å². The number of rotatable bonds is 4. The third-order valence-corrected chi connectivity index (χ3v) is 6.60. The predicted octanol–water partition coefficient (Wildman–Crippen LogP) is 2.77. The van der Waals surface area contributed by atoms with E-state index in [4.69, 9.17) is 14.5 Å². The van der Waals surface area contributed by atoms with Crippen molar-refractivity contribution in [2.24, 2.45) is 27.7 Å². The van der Waals surface area contributed by atoms with Gasteiger partial charge in [-0.2, -0.15) is 0 Å². The summed E-state index contributed by atoms with van der Waals surface area (Å²) in [6.45, 7) is 10.8. The largest absolute Gasteiger partial charge is 0.466 e. The van der Waals surface area contributed by atoms with Crippen molar-refractivity contribution >= 4 is 17.7 Å². The maximum Gasteiger partial charge on any atom is 0.331 e. The molecule has 1 heterocycles. The summed E-state index contributed by atoms with van der Waals surface area (Å²) in [7, 11) is 0. The van der Waals surface area contributed by atoms with Gasteiger partial charge in [-0.05, 0) is 31.1 Å². The lowest BCUT2D eigenvalue weighted by Crippen LogP contribution is -2.46. The van der Waals surface area contributed by atoms with Gasteiger partial charge < -0.3 is 9.47 Å². The maximum atomic E-state index is 12.4. The van der Waals surface area contributed by atoms with Gasteiger partial charge in [0.25, 0.3) is 0 Å². The Balaban J connectivity index is 1.86. The molecule has 0 N–H and O–H groups in total. The number of esters is 2. The van der Waals surface area contributed by atoms with Gasteiger partial charge in [-0.3, -0.25) is 9.79 Å². The van der Waals surface area contributed by atoms with Crippen molar-refractivity contribution in [3.8, 4) is 0 Å². The van der Waals surface area contributed by atoms with Gasteiger partial charge in [-0.25, -0.2) is 4.79 Å². The summed E-state index contributed by atoms with van der Waals surface area (Å²) >= 11 is 0. The van der Waals surface area contributed by atoms with Gasteiger partial charge in [0.15, 0.2) is 6.04 Å². The second-order valence-corrected chi connectivity index (χ2v) is 8.00. The van der Waals surface area contributed by atoms with Crippen LogP contribution in [0.2, 0.25) is 0 Å². The molecule has 0 saturated heterocycles. The highest BCUT2D eigenvalue weighted by molar-refractivity contribution is 6.03. The van der Waals surface area contributed by atoms with Crippen LogP contribution in [0.5, 0.6) is 0 Å². The number of fused-ring (bicyclic) bond motifs is 5. The molecule has 2 saturated carbocycles. The number of hydrogen-bond acceptors (Lipinski definition) is 5. The van der Waals surface area contributed by atoms with Gasteiger partial charge in [0.1, 0.15) is 6.10 Å². The lowest BCUT2D eigenvalue weighted by atomic mass is 9.70. The average molecular weight is 321 g/mol. The van der Waals surface area contributed by atoms with E-state index in [-0.39, 0.29) is 41.2 Å². The van der Waals surface area contributed by atoms with Crippen LogP contribution in [0, 0.1) is 22.7 Å². The molecular formula is C18H27NO4. The second-order valence-electron chi connectivity index (χ2n) is 8.00. The molecule has 0 amide bonds. The maximum absolute atomic E-state index is 12.4. The number of carbonyl (C=O) groups is 2. The Morgan fingerprint density at radius 1 is 1.43 bits per heavy atom. The molecule has 5 atom stereocenters. The third kappa shape index (κ3) is 2.23. The number of aliphatic imine (C=N–C) groups is 1. The van der Waals surface area contributed by atoms with Crippen molar-refractivity contribution < 1.29 is 19.1 Å². The summed E-state index contributed by atoms with van der Waals surface area (Å²) in [4.78, 5) is 29.0. The van der Waals surface area contributed by atoms with E-state index in [9.17, 15) is 9.59 Å². The molecule has 0 aromatic carbocycles. The van der Waals surface area contributed by atoms with Crippen LogP contribution in [0.15, 0.2) is 4.99 Å². The number of nitrogens with zero attached hydrogens (tertiary/aromatic N) is 1. The van der Waals surface area contributed by atoms with Crippen molar-refractivity contribution in [1.82, 2.24) is 0 Å². The SMILES string of the molecule is CCOC(=O)CC(C)[C@H]1N=C2C(OC1=O)[C@H]1CC[C@]2(C)C1(C)C. The van der Waals surface area contributed by atoms with E-state index in [1.54, 1.807) is 6.92 Å². The van der Waals surface area contributed by atoms with Crippen molar-refractivity contribution in [2.75, 3.05) is 6.61 Å². The molecule has 3 aliphatic rings. The predicted molar refractivity (Wildman–Crippen MR) is 86.1 cm³/mol. The van der Waals surface area contributed by atoms with Gasteiger partial charge in [0.05, 0.1) is 18.7 Å². The van der Waals surface area contributed by atoms with E-state index < -0.39 is 6.04 Å². The molecule has 128 valence electrons. The van der Waals surface area contributed by atoms with Crippen LogP contribution in [-0.4, -0.2) is 36.4 Å². The van der Waals surface area contributed by atoms with Gasteiger partial charge in [-0.15, -0.1) is 0 Å². The minimum absolute atomic E-state index is 0.00900. The first-order valence-electron chi connectivity index (χ1n) is 8.66. The monoisotopic (exact) mass is 321 g/mol. The summed E-state index contributed by atoms with van der Waals surface area (Å²) in [5, 5.41) is 0. The Kier molecular flexibility index (Phi) is 3.81. The van der Waals surface area contributed by atoms with Crippen LogP contribution in [0.1, 0.15) is 53.9 Å². The summed E-state index contributed by atoms with van der Waals surface area (Å²) in [5.74, 6) is -0.422.